The summed E-state index contributed by atoms with van der Waals surface area (Å²) >= 11 is 1.42. The first-order chi connectivity index (χ1) is 8.24. The van der Waals surface area contributed by atoms with Crippen LogP contribution in [-0.4, -0.2) is 21.0 Å². The highest BCUT2D eigenvalue weighted by molar-refractivity contribution is 7.13. The summed E-state index contributed by atoms with van der Waals surface area (Å²) in [4.78, 5) is 19.8. The Labute approximate surface area is 99.4 Å². The lowest BCUT2D eigenvalue weighted by Crippen LogP contribution is -1.94. The van der Waals surface area contributed by atoms with Crippen LogP contribution in [0.1, 0.15) is 10.4 Å². The molecule has 0 amide bonds. The number of carbonyl (C=O) groups is 1. The molecular weight excluding hydrogens is 240 g/mol. The van der Waals surface area contributed by atoms with Crippen LogP contribution in [0.2, 0.25) is 0 Å². The Hall–Kier alpha value is -2.21. The average Bonchev–Trinajstić information content (AvgIpc) is 2.96. The first kappa shape index (κ1) is 9.98. The Bertz CT molecular complexity index is 688. The molecule has 6 heteroatoms. The van der Waals surface area contributed by atoms with Gasteiger partial charge in [-0.05, 0) is 18.2 Å². The van der Waals surface area contributed by atoms with Gasteiger partial charge in [-0.2, -0.15) is 0 Å². The highest BCUT2D eigenvalue weighted by Crippen LogP contribution is 2.27. The minimum absolute atomic E-state index is 0.185. The lowest BCUT2D eigenvalue weighted by atomic mass is 10.2. The maximum absolute atomic E-state index is 10.8. The molecule has 0 aliphatic rings. The fourth-order valence-corrected chi connectivity index (χ4v) is 2.03. The minimum atomic E-state index is -0.984. The number of rotatable bonds is 2. The van der Waals surface area contributed by atoms with Gasteiger partial charge in [0.25, 0.3) is 0 Å². The average molecular weight is 246 g/mol. The van der Waals surface area contributed by atoms with Gasteiger partial charge in [0.2, 0.25) is 5.89 Å². The number of thiazole rings is 1. The van der Waals surface area contributed by atoms with Crippen LogP contribution < -0.4 is 0 Å². The highest BCUT2D eigenvalue weighted by Gasteiger charge is 2.11. The van der Waals surface area contributed by atoms with Gasteiger partial charge in [-0.25, -0.2) is 9.78 Å². The second-order valence-corrected chi connectivity index (χ2v) is 4.26. The smallest absolute Gasteiger partial charge is 0.335 e. The van der Waals surface area contributed by atoms with Crippen molar-refractivity contribution in [2.75, 3.05) is 0 Å². The van der Waals surface area contributed by atoms with Crippen molar-refractivity contribution in [2.45, 2.75) is 0 Å². The van der Waals surface area contributed by atoms with Crippen molar-refractivity contribution in [2.24, 2.45) is 0 Å². The summed E-state index contributed by atoms with van der Waals surface area (Å²) in [6.07, 6.45) is 1.66. The molecule has 0 aliphatic carbocycles. The van der Waals surface area contributed by atoms with Gasteiger partial charge in [-0.3, -0.25) is 4.98 Å². The number of carboxylic acid groups (broad SMARTS) is 1. The molecule has 0 saturated carbocycles. The Balaban J connectivity index is 2.16. The molecule has 2 aromatic heterocycles. The zero-order valence-electron chi connectivity index (χ0n) is 8.45. The summed E-state index contributed by atoms with van der Waals surface area (Å²) in [7, 11) is 0. The third-order valence-electron chi connectivity index (χ3n) is 2.28. The van der Waals surface area contributed by atoms with E-state index in [-0.39, 0.29) is 5.56 Å². The molecular formula is C11H6N2O3S. The van der Waals surface area contributed by atoms with Crippen molar-refractivity contribution < 1.29 is 14.3 Å². The Morgan fingerprint density at radius 3 is 3.00 bits per heavy atom. The third-order valence-corrected chi connectivity index (χ3v) is 3.04. The fourth-order valence-electron chi connectivity index (χ4n) is 1.48. The third kappa shape index (κ3) is 1.68. The summed E-state index contributed by atoms with van der Waals surface area (Å²) in [6, 6.07) is 4.60. The van der Waals surface area contributed by atoms with Crippen LogP contribution in [-0.2, 0) is 0 Å². The number of hydrogen-bond donors (Lipinski definition) is 1. The normalized spacial score (nSPS) is 10.8. The van der Waals surface area contributed by atoms with Crippen molar-refractivity contribution in [3.8, 4) is 10.8 Å². The molecule has 0 atom stereocenters. The number of carboxylic acids is 1. The van der Waals surface area contributed by atoms with Crippen molar-refractivity contribution in [3.05, 3.63) is 35.5 Å². The minimum Gasteiger partial charge on any atom is -0.478 e. The molecule has 0 saturated heterocycles. The van der Waals surface area contributed by atoms with Crippen LogP contribution in [0.4, 0.5) is 0 Å². The lowest BCUT2D eigenvalue weighted by Gasteiger charge is -1.91. The van der Waals surface area contributed by atoms with E-state index in [0.717, 1.165) is 4.88 Å². The topological polar surface area (TPSA) is 76.2 Å². The molecule has 0 radical (unpaired) electrons. The van der Waals surface area contributed by atoms with E-state index < -0.39 is 5.97 Å². The number of hydrogen-bond acceptors (Lipinski definition) is 5. The van der Waals surface area contributed by atoms with Crippen LogP contribution >= 0.6 is 11.3 Å². The van der Waals surface area contributed by atoms with Crippen molar-refractivity contribution in [3.63, 3.8) is 0 Å². The van der Waals surface area contributed by atoms with Crippen LogP contribution in [0.3, 0.4) is 0 Å². The molecule has 84 valence electrons. The summed E-state index contributed by atoms with van der Waals surface area (Å²) in [5, 5.41) is 8.87. The van der Waals surface area contributed by atoms with Gasteiger partial charge in [-0.15, -0.1) is 11.3 Å². The number of nitrogens with zero attached hydrogens (tertiary/aromatic N) is 2. The molecule has 1 N–H and O–H groups in total. The van der Waals surface area contributed by atoms with Gasteiger partial charge in [0, 0.05) is 0 Å². The van der Waals surface area contributed by atoms with Gasteiger partial charge < -0.3 is 9.52 Å². The van der Waals surface area contributed by atoms with Gasteiger partial charge in [-0.1, -0.05) is 0 Å². The second-order valence-electron chi connectivity index (χ2n) is 3.37. The molecule has 3 rings (SSSR count). The van der Waals surface area contributed by atoms with Gasteiger partial charge in [0.05, 0.1) is 17.3 Å². The van der Waals surface area contributed by atoms with E-state index in [9.17, 15) is 4.79 Å². The molecule has 1 aromatic carbocycles. The van der Waals surface area contributed by atoms with Crippen LogP contribution in [0.5, 0.6) is 0 Å². The van der Waals surface area contributed by atoms with E-state index in [1.54, 1.807) is 17.8 Å². The molecule has 0 fully saturated rings. The van der Waals surface area contributed by atoms with E-state index in [1.165, 1.54) is 23.5 Å². The molecule has 17 heavy (non-hydrogen) atoms. The quantitative estimate of drug-likeness (QED) is 0.752. The number of oxazole rings is 1. The standard InChI is InChI=1S/C11H6N2O3S/c14-11(15)6-1-2-7-8(3-6)16-10(13-7)9-4-12-5-17-9/h1-5H,(H,14,15). The summed E-state index contributed by atoms with van der Waals surface area (Å²) in [5.41, 5.74) is 2.98. The van der Waals surface area contributed by atoms with Gasteiger partial charge in [0.1, 0.15) is 10.4 Å². The Kier molecular flexibility index (Phi) is 2.15. The molecule has 5 nitrogen and oxygen atoms in total. The largest absolute Gasteiger partial charge is 0.478 e. The summed E-state index contributed by atoms with van der Waals surface area (Å²) in [6.45, 7) is 0. The molecule has 0 bridgehead atoms. The molecule has 0 unspecified atom stereocenters. The predicted molar refractivity (Wildman–Crippen MR) is 62.1 cm³/mol. The van der Waals surface area contributed by atoms with E-state index in [0.29, 0.717) is 17.0 Å². The van der Waals surface area contributed by atoms with E-state index in [2.05, 4.69) is 9.97 Å². The van der Waals surface area contributed by atoms with Gasteiger partial charge in [0.15, 0.2) is 5.58 Å². The second kappa shape index (κ2) is 3.67. The molecule has 2 heterocycles. The lowest BCUT2D eigenvalue weighted by molar-refractivity contribution is 0.0697. The first-order valence-electron chi connectivity index (χ1n) is 4.77. The van der Waals surface area contributed by atoms with Crippen LogP contribution in [0, 0.1) is 0 Å². The maximum atomic E-state index is 10.8. The van der Waals surface area contributed by atoms with Crippen molar-refractivity contribution >= 4 is 28.4 Å². The monoisotopic (exact) mass is 246 g/mol. The van der Waals surface area contributed by atoms with Crippen LogP contribution in [0.25, 0.3) is 21.9 Å². The van der Waals surface area contributed by atoms with E-state index in [1.807, 2.05) is 0 Å². The predicted octanol–water partition coefficient (Wildman–Crippen LogP) is 2.65. The summed E-state index contributed by atoms with van der Waals surface area (Å²) in [5.74, 6) is -0.521. The molecule has 0 spiro atoms. The number of fused-ring (bicyclic) bond motifs is 1. The van der Waals surface area contributed by atoms with E-state index >= 15 is 0 Å². The van der Waals surface area contributed by atoms with E-state index in [4.69, 9.17) is 9.52 Å². The van der Waals surface area contributed by atoms with Crippen molar-refractivity contribution in [1.82, 2.24) is 9.97 Å². The highest BCUT2D eigenvalue weighted by atomic mass is 32.1. The Morgan fingerprint density at radius 1 is 1.41 bits per heavy atom. The molecule has 3 aromatic rings. The zero-order chi connectivity index (χ0) is 11.8. The Morgan fingerprint density at radius 2 is 2.29 bits per heavy atom. The summed E-state index contributed by atoms with van der Waals surface area (Å²) < 4.78 is 5.50. The van der Waals surface area contributed by atoms with Crippen molar-refractivity contribution in [1.29, 1.82) is 0 Å². The SMILES string of the molecule is O=C(O)c1ccc2nc(-c3cncs3)oc2c1. The number of benzene rings is 1. The van der Waals surface area contributed by atoms with Crippen LogP contribution in [0.15, 0.2) is 34.3 Å². The zero-order valence-corrected chi connectivity index (χ0v) is 9.27. The fraction of sp³-hybridized carbons (Fsp3) is 0. The number of aromatic carboxylic acids is 1. The number of aromatic nitrogens is 2. The maximum Gasteiger partial charge on any atom is 0.335 e. The first-order valence-corrected chi connectivity index (χ1v) is 5.65. The van der Waals surface area contributed by atoms with Gasteiger partial charge >= 0.3 is 5.97 Å². The molecule has 0 aliphatic heterocycles.